The molecule has 1 amide bonds. The van der Waals surface area contributed by atoms with Crippen LogP contribution in [-0.4, -0.2) is 116 Å². The Labute approximate surface area is 431 Å². The zero-order chi connectivity index (χ0) is 51.5. The van der Waals surface area contributed by atoms with Gasteiger partial charge in [0, 0.05) is 68.7 Å². The van der Waals surface area contributed by atoms with E-state index in [-0.39, 0.29) is 58.5 Å². The summed E-state index contributed by atoms with van der Waals surface area (Å²) < 4.78 is 64.5. The molecule has 0 unspecified atom stereocenters. The fraction of sp³-hybridized carbons (Fsp3) is 0.527. The minimum absolute atomic E-state index is 0.0266. The molecule has 4 aliphatic heterocycles. The van der Waals surface area contributed by atoms with Crippen LogP contribution in [0, 0.1) is 33.2 Å². The van der Waals surface area contributed by atoms with Crippen molar-refractivity contribution >= 4 is 55.4 Å². The number of nitro groups is 1. The van der Waals surface area contributed by atoms with Crippen LogP contribution < -0.4 is 24.6 Å². The smallest absolute Gasteiger partial charge is 0.293 e. The number of H-pyrrole nitrogens is 1. The first-order valence-corrected chi connectivity index (χ1v) is 27.8. The van der Waals surface area contributed by atoms with Crippen LogP contribution in [0.15, 0.2) is 77.8 Å². The summed E-state index contributed by atoms with van der Waals surface area (Å²) in [4.78, 5) is 40.7. The molecule has 4 N–H and O–H groups in total. The number of carbonyl (C=O) groups is 1. The van der Waals surface area contributed by atoms with Gasteiger partial charge in [-0.1, -0.05) is 38.1 Å². The summed E-state index contributed by atoms with van der Waals surface area (Å²) in [6.07, 6.45) is 8.68. The Morgan fingerprint density at radius 1 is 0.959 bits per heavy atom. The topological polar surface area (TPSA) is 205 Å². The van der Waals surface area contributed by atoms with Gasteiger partial charge in [0.15, 0.2) is 0 Å². The van der Waals surface area contributed by atoms with Gasteiger partial charge < -0.3 is 39.4 Å². The van der Waals surface area contributed by atoms with Gasteiger partial charge in [0.05, 0.1) is 64.5 Å². The van der Waals surface area contributed by atoms with Crippen molar-refractivity contribution in [2.45, 2.75) is 113 Å². The standard InChI is InChI=1S/C55H67FN8O9S/c1-34(2)40-6-4-5-7-41(40)50-33-72-23-21-62(50)38-27-55(28-38)17-19-61(20-18-55)37-8-10-42(47(24-37)63-46-14-22-71-31-36(46)32-73-53-49(63)26-43-44(56)30-58-51(43)59-53)52(65)60-74(69,70)39-9-11-45(48(25-39)64(67)68)57-29-35-12-15-54(3,66)16-13-35/h4-11,24-26,30,34-36,38,46,50,57,66H,12-23,27-29,31-33H2,1-3H3,(H,58,59)(H,60,65)/t35?,36-,46+,50-,54?/m0/s1. The minimum atomic E-state index is -4.68. The van der Waals surface area contributed by atoms with Crippen LogP contribution in [-0.2, 0) is 19.5 Å². The second-order valence-corrected chi connectivity index (χ2v) is 24.0. The molecular weight excluding hydrogens is 968 g/mol. The van der Waals surface area contributed by atoms with Crippen molar-refractivity contribution in [1.29, 1.82) is 0 Å². The zero-order valence-corrected chi connectivity index (χ0v) is 43.2. The van der Waals surface area contributed by atoms with Crippen molar-refractivity contribution < 1.29 is 41.8 Å². The number of nitrogens with one attached hydrogen (secondary N) is 3. The predicted octanol–water partition coefficient (Wildman–Crippen LogP) is 8.96. The van der Waals surface area contributed by atoms with Crippen molar-refractivity contribution in [3.63, 3.8) is 0 Å². The van der Waals surface area contributed by atoms with E-state index in [1.165, 1.54) is 29.5 Å². The van der Waals surface area contributed by atoms with E-state index in [1.54, 1.807) is 12.1 Å². The molecule has 74 heavy (non-hydrogen) atoms. The highest BCUT2D eigenvalue weighted by Crippen LogP contribution is 2.54. The van der Waals surface area contributed by atoms with Gasteiger partial charge in [-0.3, -0.25) is 19.8 Å². The number of rotatable bonds is 12. The summed E-state index contributed by atoms with van der Waals surface area (Å²) in [6.45, 7) is 11.6. The lowest BCUT2D eigenvalue weighted by Gasteiger charge is -2.57. The molecule has 17 nitrogen and oxygen atoms in total. The number of aliphatic hydroxyl groups is 1. The third-order valence-electron chi connectivity index (χ3n) is 17.1. The lowest BCUT2D eigenvalue weighted by atomic mass is 9.59. The van der Waals surface area contributed by atoms with Crippen LogP contribution >= 0.6 is 0 Å². The lowest BCUT2D eigenvalue weighted by Crippen LogP contribution is -2.58. The molecule has 0 bridgehead atoms. The number of nitro benzene ring substituents is 1. The van der Waals surface area contributed by atoms with Gasteiger partial charge >= 0.3 is 0 Å². The van der Waals surface area contributed by atoms with Gasteiger partial charge in [0.2, 0.25) is 5.88 Å². The maximum absolute atomic E-state index is 15.4. The number of fused-ring (bicyclic) bond motifs is 3. The fourth-order valence-corrected chi connectivity index (χ4v) is 13.8. The molecule has 3 saturated heterocycles. The number of anilines is 4. The number of amides is 1. The summed E-state index contributed by atoms with van der Waals surface area (Å²) in [7, 11) is -4.68. The van der Waals surface area contributed by atoms with Crippen LogP contribution in [0.5, 0.6) is 5.88 Å². The first kappa shape index (κ1) is 50.3. The second kappa shape index (κ2) is 20.0. The van der Waals surface area contributed by atoms with Gasteiger partial charge in [-0.05, 0) is 129 Å². The molecule has 6 aliphatic rings. The Morgan fingerprint density at radius 2 is 1.73 bits per heavy atom. The Bertz CT molecular complexity index is 3030. The highest BCUT2D eigenvalue weighted by molar-refractivity contribution is 7.90. The molecule has 2 saturated carbocycles. The van der Waals surface area contributed by atoms with E-state index in [9.17, 15) is 28.4 Å². The first-order valence-electron chi connectivity index (χ1n) is 26.4. The first-order chi connectivity index (χ1) is 35.6. The average molecular weight is 1040 g/mol. The number of ether oxygens (including phenoxy) is 3. The van der Waals surface area contributed by atoms with Crippen molar-refractivity contribution in [2.24, 2.45) is 17.3 Å². The summed E-state index contributed by atoms with van der Waals surface area (Å²) in [5.74, 6) is -0.839. The Hall–Kier alpha value is -5.86. The molecule has 3 atom stereocenters. The number of hydrogen-bond acceptors (Lipinski definition) is 14. The summed E-state index contributed by atoms with van der Waals surface area (Å²) >= 11 is 0. The van der Waals surface area contributed by atoms with Crippen LogP contribution in [0.3, 0.4) is 0 Å². The highest BCUT2D eigenvalue weighted by atomic mass is 32.2. The lowest BCUT2D eigenvalue weighted by molar-refractivity contribution is -0.384. The molecule has 3 aromatic carbocycles. The number of benzene rings is 3. The van der Waals surface area contributed by atoms with Gasteiger partial charge in [-0.2, -0.15) is 4.98 Å². The fourth-order valence-electron chi connectivity index (χ4n) is 12.8. The predicted molar refractivity (Wildman–Crippen MR) is 279 cm³/mol. The van der Waals surface area contributed by atoms with Crippen LogP contribution in [0.1, 0.15) is 112 Å². The SMILES string of the molecule is CC(C)c1ccccc1[C@@H]1COCCN1C1CC2(CCN(c3ccc(C(=O)NS(=O)(=O)c4ccc(NCC5CCC(C)(O)CC5)c([N+](=O)[O-])c4)c(N4c5cc6c(F)c[nH]c6nc5OC[C@@H]5COCC[C@H]54)c3)CC2)C1. The van der Waals surface area contributed by atoms with Crippen LogP contribution in [0.2, 0.25) is 0 Å². The number of morpholine rings is 1. The zero-order valence-electron chi connectivity index (χ0n) is 42.4. The summed E-state index contributed by atoms with van der Waals surface area (Å²) in [5.41, 5.74) is 3.88. The molecule has 5 aromatic rings. The molecule has 2 aliphatic carbocycles. The average Bonchev–Trinajstić information content (AvgIpc) is 3.66. The number of nitrogens with zero attached hydrogens (tertiary/aromatic N) is 5. The molecule has 5 fully saturated rings. The minimum Gasteiger partial charge on any atom is -0.476 e. The number of carbonyl (C=O) groups excluding carboxylic acids is 1. The van der Waals surface area contributed by atoms with Gasteiger partial charge in [-0.15, -0.1) is 0 Å². The van der Waals surface area contributed by atoms with E-state index in [2.05, 4.69) is 62.9 Å². The number of piperidine rings is 1. The molecule has 19 heteroatoms. The molecule has 394 valence electrons. The van der Waals surface area contributed by atoms with Crippen molar-refractivity contribution in [2.75, 3.05) is 74.3 Å². The van der Waals surface area contributed by atoms with Crippen LogP contribution in [0.25, 0.3) is 11.0 Å². The van der Waals surface area contributed by atoms with Gasteiger partial charge in [0.25, 0.3) is 21.6 Å². The molecule has 6 heterocycles. The van der Waals surface area contributed by atoms with Crippen molar-refractivity contribution in [1.82, 2.24) is 19.6 Å². The van der Waals surface area contributed by atoms with Crippen molar-refractivity contribution in [3.05, 3.63) is 106 Å². The normalized spacial score (nSPS) is 25.4. The Kier molecular flexibility index (Phi) is 13.6. The number of pyridine rings is 1. The number of aromatic amines is 1. The Morgan fingerprint density at radius 3 is 2.50 bits per heavy atom. The Balaban J connectivity index is 0.882. The van der Waals surface area contributed by atoms with E-state index >= 15 is 4.39 Å². The van der Waals surface area contributed by atoms with Gasteiger partial charge in [-0.25, -0.2) is 17.5 Å². The monoisotopic (exact) mass is 1030 g/mol. The van der Waals surface area contributed by atoms with E-state index in [0.29, 0.717) is 74.6 Å². The number of sulfonamides is 1. The second-order valence-electron chi connectivity index (χ2n) is 22.3. The van der Waals surface area contributed by atoms with E-state index < -0.39 is 42.9 Å². The van der Waals surface area contributed by atoms with E-state index in [4.69, 9.17) is 19.2 Å². The molecule has 1 spiro atoms. The molecule has 2 aromatic heterocycles. The third kappa shape index (κ3) is 9.81. The van der Waals surface area contributed by atoms with E-state index in [0.717, 1.165) is 76.5 Å². The van der Waals surface area contributed by atoms with Crippen molar-refractivity contribution in [3.8, 4) is 5.88 Å². The maximum Gasteiger partial charge on any atom is 0.293 e. The number of hydrogen-bond donors (Lipinski definition) is 4. The maximum atomic E-state index is 15.4. The molecule has 0 radical (unpaired) electrons. The largest absolute Gasteiger partial charge is 0.476 e. The van der Waals surface area contributed by atoms with E-state index in [1.807, 2.05) is 24.0 Å². The highest BCUT2D eigenvalue weighted by Gasteiger charge is 2.50. The molecule has 11 rings (SSSR count). The number of halogens is 1. The van der Waals surface area contributed by atoms with Gasteiger partial charge in [0.1, 0.15) is 22.8 Å². The summed E-state index contributed by atoms with van der Waals surface area (Å²) in [5, 5.41) is 26.2. The summed E-state index contributed by atoms with van der Waals surface area (Å²) in [6, 6.07) is 19.8. The quantitative estimate of drug-likeness (QED) is 0.0681. The molecular formula is C55H67FN8O9S. The number of aromatic nitrogens is 2. The third-order valence-corrected chi connectivity index (χ3v) is 18.4. The van der Waals surface area contributed by atoms with Crippen LogP contribution in [0.4, 0.5) is 32.8 Å².